The Morgan fingerprint density at radius 3 is 2.38 bits per heavy atom. The lowest BCUT2D eigenvalue weighted by Gasteiger charge is -2.20. The number of aryl methyl sites for hydroxylation is 3. The summed E-state index contributed by atoms with van der Waals surface area (Å²) in [5.41, 5.74) is 1.45. The number of hydrogen-bond acceptors (Lipinski definition) is 3. The Bertz CT molecular complexity index is 304. The summed E-state index contributed by atoms with van der Waals surface area (Å²) >= 11 is 1.85. The van der Waals surface area contributed by atoms with Crippen LogP contribution >= 0.6 is 11.3 Å². The van der Waals surface area contributed by atoms with Crippen molar-refractivity contribution >= 4 is 11.3 Å². The van der Waals surface area contributed by atoms with Crippen LogP contribution in [-0.4, -0.2) is 17.1 Å². The first-order valence-electron chi connectivity index (χ1n) is 6.06. The lowest BCUT2D eigenvalue weighted by molar-refractivity contribution is 0.419. The summed E-state index contributed by atoms with van der Waals surface area (Å²) in [6.45, 7) is 12.0. The van der Waals surface area contributed by atoms with E-state index in [-0.39, 0.29) is 5.54 Å². The fraction of sp³-hybridized carbons (Fsp3) is 0.769. The van der Waals surface area contributed by atoms with Crippen molar-refractivity contribution in [2.24, 2.45) is 0 Å². The van der Waals surface area contributed by atoms with E-state index in [1.807, 2.05) is 11.3 Å². The average molecular weight is 240 g/mol. The Morgan fingerprint density at radius 1 is 1.19 bits per heavy atom. The first-order valence-corrected chi connectivity index (χ1v) is 6.88. The van der Waals surface area contributed by atoms with Gasteiger partial charge in [-0.2, -0.15) is 0 Å². The van der Waals surface area contributed by atoms with Gasteiger partial charge in [0.25, 0.3) is 0 Å². The molecule has 16 heavy (non-hydrogen) atoms. The van der Waals surface area contributed by atoms with Crippen LogP contribution in [0.5, 0.6) is 0 Å². The summed E-state index contributed by atoms with van der Waals surface area (Å²) in [5, 5.41) is 4.80. The molecular weight excluding hydrogens is 216 g/mol. The number of nitrogens with one attached hydrogen (secondary N) is 1. The first kappa shape index (κ1) is 13.7. The SMILES string of the molecule is Cc1nc(CCCCNC(C)(C)C)sc1C. The molecule has 0 saturated heterocycles. The normalized spacial score (nSPS) is 12.1. The molecule has 0 atom stereocenters. The van der Waals surface area contributed by atoms with Gasteiger partial charge in [0.1, 0.15) is 0 Å². The molecule has 0 aliphatic heterocycles. The summed E-state index contributed by atoms with van der Waals surface area (Å²) in [4.78, 5) is 5.92. The maximum atomic E-state index is 4.55. The molecule has 1 aromatic heterocycles. The third-order valence-corrected chi connectivity index (χ3v) is 3.68. The van der Waals surface area contributed by atoms with Crippen LogP contribution in [0.4, 0.5) is 0 Å². The zero-order chi connectivity index (χ0) is 12.2. The summed E-state index contributed by atoms with van der Waals surface area (Å²) in [6.07, 6.45) is 3.59. The third-order valence-electron chi connectivity index (χ3n) is 2.55. The van der Waals surface area contributed by atoms with Crippen LogP contribution in [0, 0.1) is 13.8 Å². The molecule has 1 aromatic rings. The van der Waals surface area contributed by atoms with Gasteiger partial charge in [-0.05, 0) is 60.4 Å². The molecule has 0 radical (unpaired) electrons. The Kier molecular flexibility index (Phi) is 4.93. The highest BCUT2D eigenvalue weighted by Crippen LogP contribution is 2.18. The molecule has 0 amide bonds. The third kappa shape index (κ3) is 5.08. The summed E-state index contributed by atoms with van der Waals surface area (Å²) in [6, 6.07) is 0. The van der Waals surface area contributed by atoms with Gasteiger partial charge in [-0.3, -0.25) is 0 Å². The number of nitrogens with zero attached hydrogens (tertiary/aromatic N) is 1. The molecule has 0 fully saturated rings. The highest BCUT2D eigenvalue weighted by molar-refractivity contribution is 7.11. The molecule has 1 N–H and O–H groups in total. The number of rotatable bonds is 5. The van der Waals surface area contributed by atoms with E-state index >= 15 is 0 Å². The second kappa shape index (κ2) is 5.78. The zero-order valence-corrected chi connectivity index (χ0v) is 12.0. The van der Waals surface area contributed by atoms with Gasteiger partial charge >= 0.3 is 0 Å². The molecule has 1 heterocycles. The summed E-state index contributed by atoms with van der Waals surface area (Å²) < 4.78 is 0. The van der Waals surface area contributed by atoms with Crippen molar-refractivity contribution in [1.29, 1.82) is 0 Å². The van der Waals surface area contributed by atoms with Gasteiger partial charge in [0.05, 0.1) is 10.7 Å². The molecule has 0 saturated carbocycles. The molecule has 0 aromatic carbocycles. The van der Waals surface area contributed by atoms with E-state index < -0.39 is 0 Å². The maximum Gasteiger partial charge on any atom is 0.0930 e. The Balaban J connectivity index is 2.16. The van der Waals surface area contributed by atoms with Crippen LogP contribution in [0.3, 0.4) is 0 Å². The highest BCUT2D eigenvalue weighted by atomic mass is 32.1. The summed E-state index contributed by atoms with van der Waals surface area (Å²) in [5.74, 6) is 0. The fourth-order valence-corrected chi connectivity index (χ4v) is 2.49. The van der Waals surface area contributed by atoms with E-state index in [9.17, 15) is 0 Å². The molecule has 0 spiro atoms. The molecule has 0 unspecified atom stereocenters. The first-order chi connectivity index (χ1) is 7.38. The predicted octanol–water partition coefficient (Wildman–Crippen LogP) is 3.47. The molecule has 0 aliphatic rings. The fourth-order valence-electron chi connectivity index (χ4n) is 1.51. The molecule has 92 valence electrons. The number of thiazole rings is 1. The van der Waals surface area contributed by atoms with E-state index in [1.165, 1.54) is 28.4 Å². The number of unbranched alkanes of at least 4 members (excludes halogenated alkanes) is 1. The van der Waals surface area contributed by atoms with Crippen molar-refractivity contribution in [3.63, 3.8) is 0 Å². The Hall–Kier alpha value is -0.410. The minimum Gasteiger partial charge on any atom is -0.312 e. The van der Waals surface area contributed by atoms with Gasteiger partial charge in [-0.25, -0.2) is 4.98 Å². The molecule has 2 nitrogen and oxygen atoms in total. The van der Waals surface area contributed by atoms with Crippen molar-refractivity contribution < 1.29 is 0 Å². The van der Waals surface area contributed by atoms with Crippen LogP contribution in [0.15, 0.2) is 0 Å². The second-order valence-corrected chi connectivity index (χ2v) is 6.67. The predicted molar refractivity (Wildman–Crippen MR) is 72.3 cm³/mol. The largest absolute Gasteiger partial charge is 0.312 e. The van der Waals surface area contributed by atoms with Gasteiger partial charge in [0, 0.05) is 10.4 Å². The quantitative estimate of drug-likeness (QED) is 0.797. The van der Waals surface area contributed by atoms with Crippen molar-refractivity contribution in [3.05, 3.63) is 15.6 Å². The minimum atomic E-state index is 0.244. The standard InChI is InChI=1S/C13H24N2S/c1-10-11(2)16-12(15-10)8-6-7-9-14-13(3,4)5/h14H,6-9H2,1-5H3. The smallest absolute Gasteiger partial charge is 0.0930 e. The van der Waals surface area contributed by atoms with Gasteiger partial charge in [-0.1, -0.05) is 0 Å². The number of hydrogen-bond donors (Lipinski definition) is 1. The topological polar surface area (TPSA) is 24.9 Å². The van der Waals surface area contributed by atoms with Crippen LogP contribution in [0.25, 0.3) is 0 Å². The van der Waals surface area contributed by atoms with Crippen molar-refractivity contribution in [2.45, 2.75) is 59.4 Å². The van der Waals surface area contributed by atoms with E-state index in [4.69, 9.17) is 0 Å². The van der Waals surface area contributed by atoms with Crippen LogP contribution in [-0.2, 0) is 6.42 Å². The molecule has 0 bridgehead atoms. The van der Waals surface area contributed by atoms with Gasteiger partial charge < -0.3 is 5.32 Å². The number of aromatic nitrogens is 1. The van der Waals surface area contributed by atoms with Gasteiger partial charge in [-0.15, -0.1) is 11.3 Å². The van der Waals surface area contributed by atoms with Crippen molar-refractivity contribution in [1.82, 2.24) is 10.3 Å². The molecule has 1 rings (SSSR count). The van der Waals surface area contributed by atoms with Gasteiger partial charge in [0.15, 0.2) is 0 Å². The summed E-state index contributed by atoms with van der Waals surface area (Å²) in [7, 11) is 0. The van der Waals surface area contributed by atoms with E-state index in [1.54, 1.807) is 0 Å². The van der Waals surface area contributed by atoms with Crippen LogP contribution in [0.1, 0.15) is 49.2 Å². The Morgan fingerprint density at radius 2 is 1.88 bits per heavy atom. The van der Waals surface area contributed by atoms with Gasteiger partial charge in [0.2, 0.25) is 0 Å². The lowest BCUT2D eigenvalue weighted by Crippen LogP contribution is -2.36. The van der Waals surface area contributed by atoms with Crippen LogP contribution in [0.2, 0.25) is 0 Å². The molecular formula is C13H24N2S. The monoisotopic (exact) mass is 240 g/mol. The zero-order valence-electron chi connectivity index (χ0n) is 11.2. The van der Waals surface area contributed by atoms with Crippen molar-refractivity contribution in [3.8, 4) is 0 Å². The van der Waals surface area contributed by atoms with E-state index in [0.29, 0.717) is 0 Å². The lowest BCUT2D eigenvalue weighted by atomic mass is 10.1. The van der Waals surface area contributed by atoms with Crippen molar-refractivity contribution in [2.75, 3.05) is 6.54 Å². The molecule has 0 aliphatic carbocycles. The molecule has 3 heteroatoms. The average Bonchev–Trinajstić information content (AvgIpc) is 2.44. The second-order valence-electron chi connectivity index (χ2n) is 5.38. The minimum absolute atomic E-state index is 0.244. The van der Waals surface area contributed by atoms with E-state index in [0.717, 1.165) is 13.0 Å². The Labute approximate surface area is 103 Å². The maximum absolute atomic E-state index is 4.55. The highest BCUT2D eigenvalue weighted by Gasteiger charge is 2.07. The van der Waals surface area contributed by atoms with Crippen LogP contribution < -0.4 is 5.32 Å². The van der Waals surface area contributed by atoms with E-state index in [2.05, 4.69) is 44.9 Å².